The maximum atomic E-state index is 12.8. The maximum Gasteiger partial charge on any atom is 0.243 e. The second kappa shape index (κ2) is 3.95. The van der Waals surface area contributed by atoms with Crippen molar-refractivity contribution in [1.29, 1.82) is 0 Å². The molecule has 1 unspecified atom stereocenters. The summed E-state index contributed by atoms with van der Waals surface area (Å²) in [5, 5.41) is 2.97. The molecule has 0 fully saturated rings. The number of hydrogen-bond donors (Lipinski definition) is 1. The van der Waals surface area contributed by atoms with E-state index in [9.17, 15) is 4.79 Å². The number of benzene rings is 2. The van der Waals surface area contributed by atoms with E-state index in [1.54, 1.807) is 6.07 Å². The number of anilines is 1. The Labute approximate surface area is 134 Å². The van der Waals surface area contributed by atoms with Gasteiger partial charge in [-0.15, -0.1) is 0 Å². The van der Waals surface area contributed by atoms with Crippen LogP contribution in [0.25, 0.3) is 0 Å². The number of amides is 1. The van der Waals surface area contributed by atoms with Crippen LogP contribution in [-0.2, 0) is 10.2 Å². The highest BCUT2D eigenvalue weighted by Gasteiger charge is 2.54. The van der Waals surface area contributed by atoms with E-state index in [0.29, 0.717) is 17.2 Å². The Hall–Kier alpha value is -2.21. The molecule has 0 aliphatic carbocycles. The van der Waals surface area contributed by atoms with Crippen LogP contribution in [0.3, 0.4) is 0 Å². The van der Waals surface area contributed by atoms with Crippen LogP contribution >= 0.6 is 15.9 Å². The third kappa shape index (κ3) is 1.31. The first-order chi connectivity index (χ1) is 10.7. The largest absolute Gasteiger partial charge is 0.491 e. The van der Waals surface area contributed by atoms with Crippen molar-refractivity contribution in [3.05, 3.63) is 45.9 Å². The molecular weight excluding hydrogens is 350 g/mol. The van der Waals surface area contributed by atoms with Gasteiger partial charge in [-0.05, 0) is 28.1 Å². The van der Waals surface area contributed by atoms with Crippen molar-refractivity contribution in [3.63, 3.8) is 0 Å². The third-order valence-electron chi connectivity index (χ3n) is 4.48. The lowest BCUT2D eigenvalue weighted by molar-refractivity contribution is -0.119. The second-order valence-electron chi connectivity index (χ2n) is 5.51. The number of fused-ring (bicyclic) bond motifs is 5. The highest BCUT2D eigenvalue weighted by Crippen LogP contribution is 2.54. The molecule has 3 heterocycles. The van der Waals surface area contributed by atoms with E-state index < -0.39 is 5.41 Å². The topological polar surface area (TPSA) is 56.8 Å². The second-order valence-corrected chi connectivity index (χ2v) is 6.37. The molecule has 0 saturated carbocycles. The van der Waals surface area contributed by atoms with Gasteiger partial charge in [-0.1, -0.05) is 12.1 Å². The number of carbonyl (C=O) groups excluding carboxylic acids is 1. The van der Waals surface area contributed by atoms with Gasteiger partial charge in [-0.2, -0.15) is 0 Å². The van der Waals surface area contributed by atoms with E-state index >= 15 is 0 Å². The summed E-state index contributed by atoms with van der Waals surface area (Å²) in [5.74, 6) is 1.91. The van der Waals surface area contributed by atoms with Crippen LogP contribution in [-0.4, -0.2) is 19.3 Å². The zero-order valence-electron chi connectivity index (χ0n) is 11.3. The number of rotatable bonds is 0. The molecule has 5 rings (SSSR count). The zero-order valence-corrected chi connectivity index (χ0v) is 12.9. The lowest BCUT2D eigenvalue weighted by Gasteiger charge is -2.20. The van der Waals surface area contributed by atoms with Crippen LogP contribution in [0.1, 0.15) is 11.1 Å². The van der Waals surface area contributed by atoms with Gasteiger partial charge < -0.3 is 19.5 Å². The first-order valence-electron chi connectivity index (χ1n) is 6.87. The van der Waals surface area contributed by atoms with Crippen molar-refractivity contribution < 1.29 is 19.0 Å². The zero-order chi connectivity index (χ0) is 14.9. The molecule has 0 radical (unpaired) electrons. The van der Waals surface area contributed by atoms with E-state index in [1.165, 1.54) is 0 Å². The van der Waals surface area contributed by atoms with Gasteiger partial charge in [-0.3, -0.25) is 4.79 Å². The van der Waals surface area contributed by atoms with Crippen LogP contribution in [0.4, 0.5) is 5.69 Å². The summed E-state index contributed by atoms with van der Waals surface area (Å²) < 4.78 is 17.5. The number of halogens is 1. The van der Waals surface area contributed by atoms with Crippen LogP contribution in [0, 0.1) is 0 Å². The number of nitrogens with one attached hydrogen (secondary N) is 1. The SMILES string of the molecule is O=C1Nc2c(Br)cccc2C12COc1cc3c(cc12)OCO3. The molecule has 1 amide bonds. The van der Waals surface area contributed by atoms with Gasteiger partial charge in [0.15, 0.2) is 11.5 Å². The Morgan fingerprint density at radius 3 is 2.73 bits per heavy atom. The van der Waals surface area contributed by atoms with Crippen LogP contribution < -0.4 is 19.5 Å². The summed E-state index contributed by atoms with van der Waals surface area (Å²) in [5.41, 5.74) is 1.73. The monoisotopic (exact) mass is 359 g/mol. The number of hydrogen-bond acceptors (Lipinski definition) is 4. The van der Waals surface area contributed by atoms with Crippen molar-refractivity contribution in [3.8, 4) is 17.2 Å². The Morgan fingerprint density at radius 2 is 1.86 bits per heavy atom. The molecule has 0 aromatic heterocycles. The smallest absolute Gasteiger partial charge is 0.243 e. The van der Waals surface area contributed by atoms with E-state index in [2.05, 4.69) is 21.2 Å². The van der Waals surface area contributed by atoms with Crippen molar-refractivity contribution >= 4 is 27.5 Å². The molecule has 1 atom stereocenters. The predicted octanol–water partition coefficient (Wildman–Crippen LogP) is 2.81. The van der Waals surface area contributed by atoms with Crippen LogP contribution in [0.15, 0.2) is 34.8 Å². The van der Waals surface area contributed by atoms with Crippen molar-refractivity contribution in [2.24, 2.45) is 0 Å². The molecular formula is C16H10BrNO4. The fourth-order valence-electron chi connectivity index (χ4n) is 3.40. The molecule has 5 nitrogen and oxygen atoms in total. The molecule has 1 spiro atoms. The number of para-hydroxylation sites is 1. The van der Waals surface area contributed by atoms with E-state index in [1.807, 2.05) is 24.3 Å². The summed E-state index contributed by atoms with van der Waals surface area (Å²) >= 11 is 3.49. The minimum absolute atomic E-state index is 0.0768. The van der Waals surface area contributed by atoms with Gasteiger partial charge in [0.05, 0.1) is 5.69 Å². The fourth-order valence-corrected chi connectivity index (χ4v) is 3.87. The molecule has 1 N–H and O–H groups in total. The van der Waals surface area contributed by atoms with Crippen molar-refractivity contribution in [2.45, 2.75) is 5.41 Å². The van der Waals surface area contributed by atoms with E-state index in [0.717, 1.165) is 21.3 Å². The first kappa shape index (κ1) is 12.3. The number of carbonyl (C=O) groups is 1. The average Bonchev–Trinajstić information content (AvgIpc) is 3.18. The quantitative estimate of drug-likeness (QED) is 0.785. The Bertz CT molecular complexity index is 850. The van der Waals surface area contributed by atoms with Gasteiger partial charge >= 0.3 is 0 Å². The Morgan fingerprint density at radius 1 is 1.05 bits per heavy atom. The molecule has 22 heavy (non-hydrogen) atoms. The van der Waals surface area contributed by atoms with Crippen LogP contribution in [0.2, 0.25) is 0 Å². The first-order valence-corrected chi connectivity index (χ1v) is 7.67. The average molecular weight is 360 g/mol. The third-order valence-corrected chi connectivity index (χ3v) is 5.14. The van der Waals surface area contributed by atoms with Gasteiger partial charge in [0.25, 0.3) is 0 Å². The summed E-state index contributed by atoms with van der Waals surface area (Å²) in [7, 11) is 0. The van der Waals surface area contributed by atoms with Crippen LogP contribution in [0.5, 0.6) is 17.2 Å². The highest BCUT2D eigenvalue weighted by atomic mass is 79.9. The lowest BCUT2D eigenvalue weighted by Crippen LogP contribution is -2.37. The fraction of sp³-hybridized carbons (Fsp3) is 0.188. The van der Waals surface area contributed by atoms with Gasteiger partial charge in [-0.25, -0.2) is 0 Å². The standard InChI is InChI=1S/C16H10BrNO4/c17-10-3-1-2-8-14(10)18-15(19)16(8)6-20-11-5-13-12(4-9(11)16)21-7-22-13/h1-5H,6-7H2,(H,18,19). The predicted molar refractivity (Wildman–Crippen MR) is 81.6 cm³/mol. The highest BCUT2D eigenvalue weighted by molar-refractivity contribution is 9.10. The molecule has 2 aromatic rings. The molecule has 110 valence electrons. The Kier molecular flexibility index (Phi) is 2.22. The van der Waals surface area contributed by atoms with Gasteiger partial charge in [0.2, 0.25) is 12.7 Å². The molecule has 3 aliphatic heterocycles. The molecule has 3 aliphatic rings. The molecule has 2 aromatic carbocycles. The minimum Gasteiger partial charge on any atom is -0.491 e. The molecule has 0 saturated heterocycles. The minimum atomic E-state index is -0.824. The summed E-state index contributed by atoms with van der Waals surface area (Å²) in [6.45, 7) is 0.472. The summed E-state index contributed by atoms with van der Waals surface area (Å²) in [4.78, 5) is 12.8. The van der Waals surface area contributed by atoms with Crippen molar-refractivity contribution in [2.75, 3.05) is 18.7 Å². The summed E-state index contributed by atoms with van der Waals surface area (Å²) in [6, 6.07) is 9.46. The number of ether oxygens (including phenoxy) is 3. The lowest BCUT2D eigenvalue weighted by atomic mass is 9.77. The van der Waals surface area contributed by atoms with E-state index in [4.69, 9.17) is 14.2 Å². The Balaban J connectivity index is 1.79. The van der Waals surface area contributed by atoms with Gasteiger partial charge in [0, 0.05) is 21.7 Å². The molecule has 0 bridgehead atoms. The summed E-state index contributed by atoms with van der Waals surface area (Å²) in [6.07, 6.45) is 0. The normalized spacial score (nSPS) is 23.2. The van der Waals surface area contributed by atoms with Gasteiger partial charge in [0.1, 0.15) is 17.8 Å². The van der Waals surface area contributed by atoms with E-state index in [-0.39, 0.29) is 19.3 Å². The van der Waals surface area contributed by atoms with Crippen molar-refractivity contribution in [1.82, 2.24) is 0 Å². The maximum absolute atomic E-state index is 12.8. The molecule has 6 heteroatoms.